The minimum Gasteiger partial charge on any atom is -0.355 e. The molecule has 0 spiro atoms. The SMILES string of the molecule is [2H]C([2H])([2H])NC(=O)c1ccc(Cc2cc3c(cc2C)CCN(c2ncc(F)cc2F)C3=O)cc1F. The summed E-state index contributed by atoms with van der Waals surface area (Å²) < 4.78 is 63.3. The largest absolute Gasteiger partial charge is 0.355 e. The summed E-state index contributed by atoms with van der Waals surface area (Å²) in [5, 5.41) is 1.74. The Bertz CT molecular complexity index is 1350. The lowest BCUT2D eigenvalue weighted by atomic mass is 9.90. The number of hydrogen-bond acceptors (Lipinski definition) is 3. The van der Waals surface area contributed by atoms with E-state index in [0.717, 1.165) is 28.3 Å². The fourth-order valence-electron chi connectivity index (χ4n) is 3.84. The van der Waals surface area contributed by atoms with E-state index in [-0.39, 0.29) is 18.8 Å². The summed E-state index contributed by atoms with van der Waals surface area (Å²) in [6, 6.07) is 8.02. The van der Waals surface area contributed by atoms with E-state index in [1.807, 2.05) is 13.0 Å². The van der Waals surface area contributed by atoms with Gasteiger partial charge in [0.1, 0.15) is 11.6 Å². The van der Waals surface area contributed by atoms with Gasteiger partial charge in [-0.05, 0) is 60.2 Å². The Hall–Kier alpha value is -3.68. The van der Waals surface area contributed by atoms with E-state index in [4.69, 9.17) is 4.11 Å². The minimum absolute atomic E-state index is 0.186. The first kappa shape index (κ1) is 17.9. The van der Waals surface area contributed by atoms with Crippen LogP contribution in [0.4, 0.5) is 19.0 Å². The van der Waals surface area contributed by atoms with Crippen LogP contribution in [0, 0.1) is 24.4 Å². The van der Waals surface area contributed by atoms with Gasteiger partial charge in [-0.1, -0.05) is 12.1 Å². The second kappa shape index (κ2) is 8.45. The van der Waals surface area contributed by atoms with Crippen molar-refractivity contribution in [1.82, 2.24) is 10.3 Å². The number of rotatable bonds is 4. The van der Waals surface area contributed by atoms with Gasteiger partial charge in [0.15, 0.2) is 11.6 Å². The molecule has 1 aliphatic heterocycles. The highest BCUT2D eigenvalue weighted by molar-refractivity contribution is 6.08. The number of fused-ring (bicyclic) bond motifs is 1. The van der Waals surface area contributed by atoms with Gasteiger partial charge in [-0.25, -0.2) is 18.2 Å². The van der Waals surface area contributed by atoms with Crippen LogP contribution in [0.15, 0.2) is 42.6 Å². The number of pyridine rings is 1. The van der Waals surface area contributed by atoms with Crippen molar-refractivity contribution in [3.63, 3.8) is 0 Å². The number of nitrogens with zero attached hydrogens (tertiary/aromatic N) is 2. The van der Waals surface area contributed by atoms with Gasteiger partial charge < -0.3 is 5.32 Å². The highest BCUT2D eigenvalue weighted by Crippen LogP contribution is 2.28. The molecular formula is C24H20F3N3O2. The number of benzene rings is 2. The number of aromatic nitrogens is 1. The van der Waals surface area contributed by atoms with Crippen molar-refractivity contribution in [3.8, 4) is 0 Å². The number of aryl methyl sites for hydroxylation is 1. The molecule has 4 rings (SSSR count). The molecule has 2 aromatic carbocycles. The number of halogens is 3. The molecule has 1 aromatic heterocycles. The smallest absolute Gasteiger partial charge is 0.259 e. The highest BCUT2D eigenvalue weighted by atomic mass is 19.1. The van der Waals surface area contributed by atoms with Crippen LogP contribution in [0.5, 0.6) is 0 Å². The molecule has 164 valence electrons. The highest BCUT2D eigenvalue weighted by Gasteiger charge is 2.29. The van der Waals surface area contributed by atoms with E-state index in [0.29, 0.717) is 29.2 Å². The Kier molecular flexibility index (Phi) is 4.74. The van der Waals surface area contributed by atoms with Crippen molar-refractivity contribution in [2.24, 2.45) is 0 Å². The number of carbonyl (C=O) groups is 2. The number of amides is 2. The predicted molar refractivity (Wildman–Crippen MR) is 113 cm³/mol. The summed E-state index contributed by atoms with van der Waals surface area (Å²) in [6.45, 7) is -0.706. The Morgan fingerprint density at radius 1 is 1.19 bits per heavy atom. The molecule has 1 aliphatic rings. The topological polar surface area (TPSA) is 62.3 Å². The van der Waals surface area contributed by atoms with Crippen molar-refractivity contribution in [2.75, 3.05) is 18.4 Å². The number of carbonyl (C=O) groups excluding carboxylic acids is 2. The van der Waals surface area contributed by atoms with Crippen LogP contribution < -0.4 is 10.2 Å². The Morgan fingerprint density at radius 3 is 2.72 bits per heavy atom. The van der Waals surface area contributed by atoms with Gasteiger partial charge >= 0.3 is 0 Å². The molecule has 0 atom stereocenters. The quantitative estimate of drug-likeness (QED) is 0.665. The molecular weight excluding hydrogens is 419 g/mol. The van der Waals surface area contributed by atoms with E-state index in [1.165, 1.54) is 12.1 Å². The first-order valence-corrected chi connectivity index (χ1v) is 9.79. The molecule has 0 saturated carbocycles. The van der Waals surface area contributed by atoms with Gasteiger partial charge in [-0.2, -0.15) is 0 Å². The average molecular weight is 442 g/mol. The summed E-state index contributed by atoms with van der Waals surface area (Å²) in [7, 11) is 0. The lowest BCUT2D eigenvalue weighted by Crippen LogP contribution is -2.39. The molecule has 5 nitrogen and oxygen atoms in total. The van der Waals surface area contributed by atoms with Gasteiger partial charge in [-0.15, -0.1) is 0 Å². The van der Waals surface area contributed by atoms with Crippen molar-refractivity contribution in [2.45, 2.75) is 19.8 Å². The van der Waals surface area contributed by atoms with Crippen molar-refractivity contribution < 1.29 is 26.9 Å². The third kappa shape index (κ3) is 3.95. The van der Waals surface area contributed by atoms with E-state index in [9.17, 15) is 22.8 Å². The Labute approximate surface area is 187 Å². The molecule has 2 amide bonds. The second-order valence-corrected chi connectivity index (χ2v) is 7.55. The number of hydrogen-bond donors (Lipinski definition) is 1. The zero-order valence-electron chi connectivity index (χ0n) is 20.0. The standard InChI is InChI=1S/C24H20F3N3O2/c1-13-7-15-5-6-30(22-21(27)11-17(25)12-29-22)24(32)19(15)10-16(13)8-14-3-4-18(20(26)9-14)23(31)28-2/h3-4,7,9-12H,5-6,8H2,1-2H3,(H,28,31)/i2D3. The molecule has 3 aromatic rings. The van der Waals surface area contributed by atoms with Crippen molar-refractivity contribution >= 4 is 17.6 Å². The van der Waals surface area contributed by atoms with Gasteiger partial charge in [0.2, 0.25) is 0 Å². The zero-order valence-corrected chi connectivity index (χ0v) is 17.0. The van der Waals surface area contributed by atoms with Crippen molar-refractivity contribution in [3.05, 3.63) is 93.4 Å². The maximum Gasteiger partial charge on any atom is 0.259 e. The Balaban J connectivity index is 1.60. The summed E-state index contributed by atoms with van der Waals surface area (Å²) in [6.07, 6.45) is 1.52. The fraction of sp³-hybridized carbons (Fsp3) is 0.208. The van der Waals surface area contributed by atoms with Crippen LogP contribution >= 0.6 is 0 Å². The van der Waals surface area contributed by atoms with Gasteiger partial charge in [0, 0.05) is 29.3 Å². The zero-order chi connectivity index (χ0) is 25.5. The third-order valence-electron chi connectivity index (χ3n) is 5.47. The summed E-state index contributed by atoms with van der Waals surface area (Å²) >= 11 is 0. The van der Waals surface area contributed by atoms with E-state index < -0.39 is 41.8 Å². The minimum atomic E-state index is -2.74. The molecule has 8 heteroatoms. The molecule has 0 radical (unpaired) electrons. The second-order valence-electron chi connectivity index (χ2n) is 7.55. The first-order chi connectivity index (χ1) is 16.4. The lowest BCUT2D eigenvalue weighted by Gasteiger charge is -2.29. The predicted octanol–water partition coefficient (Wildman–Crippen LogP) is 3.96. The number of nitrogens with one attached hydrogen (secondary N) is 1. The molecule has 0 fully saturated rings. The molecule has 1 N–H and O–H groups in total. The Morgan fingerprint density at radius 2 is 2.00 bits per heavy atom. The lowest BCUT2D eigenvalue weighted by molar-refractivity contribution is 0.0956. The van der Waals surface area contributed by atoms with Gasteiger partial charge in [0.25, 0.3) is 11.8 Å². The summed E-state index contributed by atoms with van der Waals surface area (Å²) in [4.78, 5) is 30.0. The summed E-state index contributed by atoms with van der Waals surface area (Å²) in [5.41, 5.74) is 2.80. The molecule has 0 bridgehead atoms. The maximum atomic E-state index is 14.5. The van der Waals surface area contributed by atoms with Crippen LogP contribution in [0.25, 0.3) is 0 Å². The van der Waals surface area contributed by atoms with Gasteiger partial charge in [0.05, 0.1) is 11.8 Å². The van der Waals surface area contributed by atoms with E-state index in [2.05, 4.69) is 4.98 Å². The van der Waals surface area contributed by atoms with Crippen LogP contribution in [0.2, 0.25) is 0 Å². The first-order valence-electron chi connectivity index (χ1n) is 11.3. The van der Waals surface area contributed by atoms with Crippen LogP contribution in [0.1, 0.15) is 47.1 Å². The fourth-order valence-corrected chi connectivity index (χ4v) is 3.84. The van der Waals surface area contributed by atoms with E-state index in [1.54, 1.807) is 11.4 Å². The molecule has 0 unspecified atom stereocenters. The normalized spacial score (nSPS) is 14.9. The van der Waals surface area contributed by atoms with Crippen LogP contribution in [-0.4, -0.2) is 30.3 Å². The molecule has 2 heterocycles. The van der Waals surface area contributed by atoms with Crippen LogP contribution in [-0.2, 0) is 12.8 Å². The van der Waals surface area contributed by atoms with Gasteiger partial charge in [-0.3, -0.25) is 14.5 Å². The average Bonchev–Trinajstić information content (AvgIpc) is 2.74. The van der Waals surface area contributed by atoms with Crippen LogP contribution in [0.3, 0.4) is 0 Å². The molecule has 0 aliphatic carbocycles. The third-order valence-corrected chi connectivity index (χ3v) is 5.47. The van der Waals surface area contributed by atoms with E-state index >= 15 is 0 Å². The number of anilines is 1. The summed E-state index contributed by atoms with van der Waals surface area (Å²) in [5.74, 6) is -4.44. The molecule has 32 heavy (non-hydrogen) atoms. The maximum absolute atomic E-state index is 14.5. The van der Waals surface area contributed by atoms with Crippen molar-refractivity contribution in [1.29, 1.82) is 0 Å². The monoisotopic (exact) mass is 442 g/mol. The molecule has 0 saturated heterocycles.